The van der Waals surface area contributed by atoms with Gasteiger partial charge in [0.15, 0.2) is 5.82 Å². The number of anilines is 2. The second-order valence-corrected chi connectivity index (χ2v) is 9.14. The lowest BCUT2D eigenvalue weighted by Gasteiger charge is -2.19. The Bertz CT molecular complexity index is 1200. The number of fused-ring (bicyclic) bond motifs is 1. The molecule has 158 valence electrons. The van der Waals surface area contributed by atoms with E-state index in [2.05, 4.69) is 5.10 Å². The molecule has 0 radical (unpaired) electrons. The van der Waals surface area contributed by atoms with Crippen LogP contribution in [-0.2, 0) is 21.4 Å². The first-order chi connectivity index (χ1) is 14.3. The van der Waals surface area contributed by atoms with Crippen molar-refractivity contribution in [2.45, 2.75) is 24.3 Å². The minimum Gasteiger partial charge on any atom is -0.480 e. The number of carboxylic acid groups (broad SMARTS) is 1. The molecule has 0 bridgehead atoms. The molecular formula is C20H21FN4O4S. The number of nitrogens with zero attached hydrogens (tertiary/aromatic N) is 4. The van der Waals surface area contributed by atoms with Gasteiger partial charge in [0.25, 0.3) is 0 Å². The number of hydrogen-bond donors (Lipinski definition) is 1. The molecule has 4 rings (SSSR count). The third-order valence-corrected chi connectivity index (χ3v) is 7.14. The molecule has 1 N–H and O–H groups in total. The summed E-state index contributed by atoms with van der Waals surface area (Å²) in [5, 5.41) is 13.9. The highest BCUT2D eigenvalue weighted by Crippen LogP contribution is 2.32. The number of carbonyl (C=O) groups is 1. The highest BCUT2D eigenvalue weighted by molar-refractivity contribution is 7.89. The Morgan fingerprint density at radius 2 is 1.83 bits per heavy atom. The number of halogens is 1. The first-order valence-corrected chi connectivity index (χ1v) is 10.9. The van der Waals surface area contributed by atoms with Gasteiger partial charge in [-0.05, 0) is 55.3 Å². The SMILES string of the molecule is CN(c1ccc(S(=O)(=O)N2CCCC2)cc1)c1nn(CC(=O)O)c2ccc(F)cc12. The lowest BCUT2D eigenvalue weighted by Crippen LogP contribution is -2.27. The first-order valence-electron chi connectivity index (χ1n) is 9.49. The fourth-order valence-corrected chi connectivity index (χ4v) is 5.19. The molecule has 1 saturated heterocycles. The summed E-state index contributed by atoms with van der Waals surface area (Å²) >= 11 is 0. The second kappa shape index (κ2) is 7.69. The van der Waals surface area contributed by atoms with E-state index in [0.29, 0.717) is 35.5 Å². The van der Waals surface area contributed by atoms with Gasteiger partial charge < -0.3 is 10.0 Å². The summed E-state index contributed by atoms with van der Waals surface area (Å²) in [4.78, 5) is 13.0. The lowest BCUT2D eigenvalue weighted by molar-refractivity contribution is -0.137. The topological polar surface area (TPSA) is 95.7 Å². The molecule has 2 heterocycles. The quantitative estimate of drug-likeness (QED) is 0.644. The highest BCUT2D eigenvalue weighted by Gasteiger charge is 2.27. The molecule has 0 aliphatic carbocycles. The third kappa shape index (κ3) is 3.63. The van der Waals surface area contributed by atoms with Gasteiger partial charge in [0.2, 0.25) is 10.0 Å². The molecule has 30 heavy (non-hydrogen) atoms. The molecule has 0 unspecified atom stereocenters. The van der Waals surface area contributed by atoms with Crippen LogP contribution in [-0.4, -0.2) is 53.7 Å². The largest absolute Gasteiger partial charge is 0.480 e. The summed E-state index contributed by atoms with van der Waals surface area (Å²) in [7, 11) is -1.81. The van der Waals surface area contributed by atoms with Gasteiger partial charge in [0.1, 0.15) is 12.4 Å². The summed E-state index contributed by atoms with van der Waals surface area (Å²) in [5.74, 6) is -1.14. The van der Waals surface area contributed by atoms with Gasteiger partial charge in [0.05, 0.1) is 10.4 Å². The molecule has 0 saturated carbocycles. The van der Waals surface area contributed by atoms with Gasteiger partial charge in [-0.3, -0.25) is 9.48 Å². The van der Waals surface area contributed by atoms with Crippen molar-refractivity contribution < 1.29 is 22.7 Å². The summed E-state index contributed by atoms with van der Waals surface area (Å²) < 4.78 is 42.0. The van der Waals surface area contributed by atoms with E-state index in [4.69, 9.17) is 5.11 Å². The molecule has 1 aliphatic heterocycles. The van der Waals surface area contributed by atoms with E-state index in [1.165, 1.54) is 39.3 Å². The zero-order valence-corrected chi connectivity index (χ0v) is 17.1. The van der Waals surface area contributed by atoms with Crippen LogP contribution in [0.15, 0.2) is 47.4 Å². The molecule has 0 spiro atoms. The van der Waals surface area contributed by atoms with Gasteiger partial charge in [-0.2, -0.15) is 9.40 Å². The van der Waals surface area contributed by atoms with E-state index in [0.717, 1.165) is 12.8 Å². The highest BCUT2D eigenvalue weighted by atomic mass is 32.2. The van der Waals surface area contributed by atoms with Crippen molar-refractivity contribution in [3.05, 3.63) is 48.3 Å². The molecule has 2 aromatic carbocycles. The van der Waals surface area contributed by atoms with Crippen LogP contribution >= 0.6 is 0 Å². The van der Waals surface area contributed by atoms with Crippen molar-refractivity contribution in [2.75, 3.05) is 25.0 Å². The molecule has 8 nitrogen and oxygen atoms in total. The van der Waals surface area contributed by atoms with Crippen LogP contribution in [0.3, 0.4) is 0 Å². The number of aromatic nitrogens is 2. The Labute approximate surface area is 173 Å². The maximum atomic E-state index is 13.8. The zero-order valence-electron chi connectivity index (χ0n) is 16.3. The van der Waals surface area contributed by atoms with Crippen molar-refractivity contribution >= 4 is 38.4 Å². The van der Waals surface area contributed by atoms with Crippen LogP contribution in [0.25, 0.3) is 10.9 Å². The number of rotatable bonds is 6. The van der Waals surface area contributed by atoms with Crippen molar-refractivity contribution in [2.24, 2.45) is 0 Å². The van der Waals surface area contributed by atoms with Gasteiger partial charge >= 0.3 is 5.97 Å². The molecule has 1 aromatic heterocycles. The maximum absolute atomic E-state index is 13.8. The molecule has 3 aromatic rings. The maximum Gasteiger partial charge on any atom is 0.325 e. The smallest absolute Gasteiger partial charge is 0.325 e. The summed E-state index contributed by atoms with van der Waals surface area (Å²) in [5.41, 5.74) is 1.13. The standard InChI is InChI=1S/C20H21FN4O4S/c1-23(15-5-7-16(8-6-15)30(28,29)24-10-2-3-11-24)20-17-12-14(21)4-9-18(17)25(22-20)13-19(26)27/h4-9,12H,2-3,10-11,13H2,1H3,(H,26,27). The first kappa shape index (κ1) is 20.3. The average Bonchev–Trinajstić information content (AvgIpc) is 3.36. The minimum absolute atomic E-state index is 0.217. The number of hydrogen-bond acceptors (Lipinski definition) is 5. The zero-order chi connectivity index (χ0) is 21.5. The number of aliphatic carboxylic acids is 1. The van der Waals surface area contributed by atoms with Crippen LogP contribution in [0, 0.1) is 5.82 Å². The van der Waals surface area contributed by atoms with Crippen molar-refractivity contribution in [1.82, 2.24) is 14.1 Å². The Hall–Kier alpha value is -2.98. The molecule has 1 aliphatic rings. The fourth-order valence-electron chi connectivity index (χ4n) is 3.67. The van der Waals surface area contributed by atoms with Gasteiger partial charge in [0, 0.05) is 31.2 Å². The summed E-state index contributed by atoms with van der Waals surface area (Å²) in [6.07, 6.45) is 1.73. The monoisotopic (exact) mass is 432 g/mol. The van der Waals surface area contributed by atoms with E-state index < -0.39 is 21.8 Å². The van der Waals surface area contributed by atoms with Crippen molar-refractivity contribution in [3.63, 3.8) is 0 Å². The molecule has 0 amide bonds. The van der Waals surface area contributed by atoms with Crippen LogP contribution < -0.4 is 4.90 Å². The number of sulfonamides is 1. The average molecular weight is 432 g/mol. The third-order valence-electron chi connectivity index (χ3n) is 5.22. The molecule has 1 fully saturated rings. The summed E-state index contributed by atoms with van der Waals surface area (Å²) in [6.45, 7) is 0.702. The predicted octanol–water partition coefficient (Wildman–Crippen LogP) is 2.81. The van der Waals surface area contributed by atoms with E-state index >= 15 is 0 Å². The van der Waals surface area contributed by atoms with Crippen molar-refractivity contribution in [1.29, 1.82) is 0 Å². The normalized spacial score (nSPS) is 15.0. The lowest BCUT2D eigenvalue weighted by atomic mass is 10.2. The van der Waals surface area contributed by atoms with Gasteiger partial charge in [-0.1, -0.05) is 0 Å². The summed E-state index contributed by atoms with van der Waals surface area (Å²) in [6, 6.07) is 10.4. The molecule has 0 atom stereocenters. The number of carboxylic acids is 1. The van der Waals surface area contributed by atoms with Crippen LogP contribution in [0.1, 0.15) is 12.8 Å². The van der Waals surface area contributed by atoms with Crippen LogP contribution in [0.4, 0.5) is 15.9 Å². The second-order valence-electron chi connectivity index (χ2n) is 7.20. The van der Waals surface area contributed by atoms with E-state index in [1.807, 2.05) is 0 Å². The van der Waals surface area contributed by atoms with E-state index in [1.54, 1.807) is 24.1 Å². The van der Waals surface area contributed by atoms with Gasteiger partial charge in [-0.15, -0.1) is 0 Å². The number of benzene rings is 2. The minimum atomic E-state index is -3.52. The van der Waals surface area contributed by atoms with E-state index in [-0.39, 0.29) is 11.4 Å². The fraction of sp³-hybridized carbons (Fsp3) is 0.300. The molecule has 10 heteroatoms. The predicted molar refractivity (Wildman–Crippen MR) is 110 cm³/mol. The Kier molecular flexibility index (Phi) is 5.20. The Morgan fingerprint density at radius 1 is 1.17 bits per heavy atom. The van der Waals surface area contributed by atoms with Crippen LogP contribution in [0.2, 0.25) is 0 Å². The van der Waals surface area contributed by atoms with Crippen molar-refractivity contribution in [3.8, 4) is 0 Å². The van der Waals surface area contributed by atoms with E-state index in [9.17, 15) is 17.6 Å². The Morgan fingerprint density at radius 3 is 2.47 bits per heavy atom. The van der Waals surface area contributed by atoms with Crippen LogP contribution in [0.5, 0.6) is 0 Å². The Balaban J connectivity index is 1.69. The van der Waals surface area contributed by atoms with Gasteiger partial charge in [-0.25, -0.2) is 12.8 Å². The molecular weight excluding hydrogens is 411 g/mol.